The van der Waals surface area contributed by atoms with Crippen LogP contribution in [-0.4, -0.2) is 22.8 Å². The zero-order valence-electron chi connectivity index (χ0n) is 9.94. The molecule has 0 radical (unpaired) electrons. The lowest BCUT2D eigenvalue weighted by molar-refractivity contribution is 0.235. The zero-order chi connectivity index (χ0) is 10.5. The second-order valence-electron chi connectivity index (χ2n) is 4.56. The first kappa shape index (κ1) is 13.1. The van der Waals surface area contributed by atoms with Crippen molar-refractivity contribution in [3.05, 3.63) is 0 Å². The Morgan fingerprint density at radius 1 is 1.15 bits per heavy atom. The second-order valence-corrected chi connectivity index (χ2v) is 8.14. The molecule has 0 aromatic heterocycles. The molecule has 80 valence electrons. The molecule has 0 amide bonds. The van der Waals surface area contributed by atoms with Crippen LogP contribution in [-0.2, 0) is 8.85 Å². The van der Waals surface area contributed by atoms with Gasteiger partial charge in [0.25, 0.3) is 0 Å². The molecule has 0 bridgehead atoms. The molecule has 0 atom stereocenters. The van der Waals surface area contributed by atoms with Crippen LogP contribution in [0.15, 0.2) is 0 Å². The van der Waals surface area contributed by atoms with E-state index >= 15 is 0 Å². The first-order valence-corrected chi connectivity index (χ1v) is 7.52. The van der Waals surface area contributed by atoms with Crippen LogP contribution in [0.4, 0.5) is 0 Å². The summed E-state index contributed by atoms with van der Waals surface area (Å²) in [5, 5.41) is 0. The summed E-state index contributed by atoms with van der Waals surface area (Å²) in [4.78, 5) is 0. The SMILES string of the molecule is CCC(C)(C)CC[Si](C)(OC)OC. The maximum atomic E-state index is 5.44. The molecule has 13 heavy (non-hydrogen) atoms. The van der Waals surface area contributed by atoms with Crippen LogP contribution >= 0.6 is 0 Å². The fourth-order valence-electron chi connectivity index (χ4n) is 1.03. The topological polar surface area (TPSA) is 18.5 Å². The fraction of sp³-hybridized carbons (Fsp3) is 1.00. The standard InChI is InChI=1S/C10H24O2Si/c1-7-10(2,3)8-9-13(6,11-4)12-5/h7-9H2,1-6H3. The average molecular weight is 204 g/mol. The molecule has 0 fully saturated rings. The highest BCUT2D eigenvalue weighted by Gasteiger charge is 2.31. The summed E-state index contributed by atoms with van der Waals surface area (Å²) in [5.41, 5.74) is 0.422. The largest absolute Gasteiger partial charge is 0.398 e. The smallest absolute Gasteiger partial charge is 0.334 e. The molecule has 0 heterocycles. The number of hydrogen-bond donors (Lipinski definition) is 0. The van der Waals surface area contributed by atoms with E-state index < -0.39 is 8.56 Å². The Bertz CT molecular complexity index is 142. The maximum Gasteiger partial charge on any atom is 0.334 e. The first-order chi connectivity index (χ1) is 5.89. The van der Waals surface area contributed by atoms with Crippen LogP contribution in [0.5, 0.6) is 0 Å². The molecule has 0 N–H and O–H groups in total. The summed E-state index contributed by atoms with van der Waals surface area (Å²) < 4.78 is 10.9. The summed E-state index contributed by atoms with van der Waals surface area (Å²) >= 11 is 0. The van der Waals surface area contributed by atoms with Crippen LogP contribution in [0.2, 0.25) is 12.6 Å². The predicted octanol–water partition coefficient (Wildman–Crippen LogP) is 3.18. The zero-order valence-corrected chi connectivity index (χ0v) is 10.9. The van der Waals surface area contributed by atoms with E-state index in [9.17, 15) is 0 Å². The van der Waals surface area contributed by atoms with Gasteiger partial charge in [-0.25, -0.2) is 0 Å². The maximum absolute atomic E-state index is 5.44. The van der Waals surface area contributed by atoms with Crippen LogP contribution < -0.4 is 0 Å². The third kappa shape index (κ3) is 4.79. The Morgan fingerprint density at radius 3 is 1.92 bits per heavy atom. The van der Waals surface area contributed by atoms with Crippen LogP contribution in [0.25, 0.3) is 0 Å². The van der Waals surface area contributed by atoms with E-state index in [0.29, 0.717) is 5.41 Å². The van der Waals surface area contributed by atoms with Gasteiger partial charge in [-0.2, -0.15) is 0 Å². The Labute approximate surface area is 83.9 Å². The molecule has 0 unspecified atom stereocenters. The van der Waals surface area contributed by atoms with Crippen molar-refractivity contribution in [2.45, 2.75) is 46.2 Å². The summed E-state index contributed by atoms with van der Waals surface area (Å²) in [6.07, 6.45) is 2.40. The molecule has 0 aliphatic rings. The van der Waals surface area contributed by atoms with Gasteiger partial charge in [0.2, 0.25) is 0 Å². The van der Waals surface area contributed by atoms with Crippen molar-refractivity contribution in [1.29, 1.82) is 0 Å². The van der Waals surface area contributed by atoms with Crippen LogP contribution in [0.3, 0.4) is 0 Å². The molecule has 0 saturated heterocycles. The van der Waals surface area contributed by atoms with E-state index in [1.165, 1.54) is 12.8 Å². The third-order valence-corrected chi connectivity index (χ3v) is 5.96. The van der Waals surface area contributed by atoms with Gasteiger partial charge < -0.3 is 8.85 Å². The minimum absolute atomic E-state index is 0.422. The van der Waals surface area contributed by atoms with Crippen molar-refractivity contribution in [2.75, 3.05) is 14.2 Å². The molecule has 3 heteroatoms. The minimum Gasteiger partial charge on any atom is -0.398 e. The number of hydrogen-bond acceptors (Lipinski definition) is 2. The monoisotopic (exact) mass is 204 g/mol. The van der Waals surface area contributed by atoms with Crippen molar-refractivity contribution in [3.8, 4) is 0 Å². The normalized spacial score (nSPS) is 13.4. The molecule has 0 aromatic carbocycles. The van der Waals surface area contributed by atoms with Gasteiger partial charge in [0.05, 0.1) is 0 Å². The van der Waals surface area contributed by atoms with Gasteiger partial charge in [-0.1, -0.05) is 27.2 Å². The summed E-state index contributed by atoms with van der Waals surface area (Å²) in [5.74, 6) is 0. The Hall–Kier alpha value is 0.137. The highest BCUT2D eigenvalue weighted by atomic mass is 28.4. The van der Waals surface area contributed by atoms with E-state index in [2.05, 4.69) is 27.3 Å². The van der Waals surface area contributed by atoms with E-state index in [-0.39, 0.29) is 0 Å². The molecular formula is C10H24O2Si. The Morgan fingerprint density at radius 2 is 1.62 bits per heavy atom. The number of rotatable bonds is 6. The molecule has 0 aliphatic heterocycles. The lowest BCUT2D eigenvalue weighted by atomic mass is 9.87. The van der Waals surface area contributed by atoms with Crippen LogP contribution in [0, 0.1) is 5.41 Å². The second kappa shape index (κ2) is 5.13. The molecule has 0 rings (SSSR count). The summed E-state index contributed by atoms with van der Waals surface area (Å²) in [7, 11) is 1.69. The molecule has 0 saturated carbocycles. The average Bonchev–Trinajstić information content (AvgIpc) is 2.14. The van der Waals surface area contributed by atoms with E-state index in [1.54, 1.807) is 14.2 Å². The third-order valence-electron chi connectivity index (χ3n) is 3.08. The molecule has 0 spiro atoms. The van der Waals surface area contributed by atoms with Crippen molar-refractivity contribution < 1.29 is 8.85 Å². The van der Waals surface area contributed by atoms with Gasteiger partial charge in [-0.3, -0.25) is 0 Å². The first-order valence-electron chi connectivity index (χ1n) is 4.99. The fourth-order valence-corrected chi connectivity index (χ4v) is 2.74. The Kier molecular flexibility index (Phi) is 5.18. The minimum atomic E-state index is -1.82. The van der Waals surface area contributed by atoms with Crippen molar-refractivity contribution in [2.24, 2.45) is 5.41 Å². The molecule has 2 nitrogen and oxygen atoms in total. The Balaban J connectivity index is 3.99. The highest BCUT2D eigenvalue weighted by Crippen LogP contribution is 2.29. The lowest BCUT2D eigenvalue weighted by Gasteiger charge is -2.28. The van der Waals surface area contributed by atoms with E-state index in [1.807, 2.05) is 0 Å². The van der Waals surface area contributed by atoms with Gasteiger partial charge in [-0.05, 0) is 24.4 Å². The van der Waals surface area contributed by atoms with Gasteiger partial charge in [0.1, 0.15) is 0 Å². The predicted molar refractivity (Wildman–Crippen MR) is 59.1 cm³/mol. The van der Waals surface area contributed by atoms with E-state index in [4.69, 9.17) is 8.85 Å². The lowest BCUT2D eigenvalue weighted by Crippen LogP contribution is -2.37. The van der Waals surface area contributed by atoms with Crippen LogP contribution in [0.1, 0.15) is 33.6 Å². The quantitative estimate of drug-likeness (QED) is 0.619. The van der Waals surface area contributed by atoms with Gasteiger partial charge in [0, 0.05) is 14.2 Å². The molecule has 0 aromatic rings. The molecular weight excluding hydrogens is 180 g/mol. The summed E-state index contributed by atoms with van der Waals surface area (Å²) in [6.45, 7) is 8.96. The summed E-state index contributed by atoms with van der Waals surface area (Å²) in [6, 6.07) is 1.08. The van der Waals surface area contributed by atoms with E-state index in [0.717, 1.165) is 6.04 Å². The highest BCUT2D eigenvalue weighted by molar-refractivity contribution is 6.65. The molecule has 0 aliphatic carbocycles. The van der Waals surface area contributed by atoms with Gasteiger partial charge in [-0.15, -0.1) is 0 Å². The van der Waals surface area contributed by atoms with Crippen molar-refractivity contribution in [1.82, 2.24) is 0 Å². The van der Waals surface area contributed by atoms with Gasteiger partial charge in [0.15, 0.2) is 0 Å². The van der Waals surface area contributed by atoms with Crippen molar-refractivity contribution >= 4 is 8.56 Å². The van der Waals surface area contributed by atoms with Gasteiger partial charge >= 0.3 is 8.56 Å². The van der Waals surface area contributed by atoms with Crippen molar-refractivity contribution in [3.63, 3.8) is 0 Å².